The molecule has 0 saturated heterocycles. The molecule has 1 nitrogen and oxygen atoms in total. The Morgan fingerprint density at radius 2 is 2.00 bits per heavy atom. The summed E-state index contributed by atoms with van der Waals surface area (Å²) in [4.78, 5) is 0. The van der Waals surface area contributed by atoms with Gasteiger partial charge in [0, 0.05) is 5.02 Å². The number of hydrogen-bond acceptors (Lipinski definition) is 1. The number of unbranched alkanes of at least 4 members (excludes halogenated alkanes) is 1. The van der Waals surface area contributed by atoms with Gasteiger partial charge in [0.15, 0.2) is 0 Å². The lowest BCUT2D eigenvalue weighted by atomic mass is 9.91. The summed E-state index contributed by atoms with van der Waals surface area (Å²) in [6, 6.07) is 5.73. The van der Waals surface area contributed by atoms with Gasteiger partial charge in [0.2, 0.25) is 0 Å². The van der Waals surface area contributed by atoms with E-state index in [1.165, 1.54) is 12.8 Å². The summed E-state index contributed by atoms with van der Waals surface area (Å²) in [5.74, 6) is 1.26. The number of halogens is 2. The van der Waals surface area contributed by atoms with Gasteiger partial charge in [0.25, 0.3) is 0 Å². The molecule has 2 unspecified atom stereocenters. The van der Waals surface area contributed by atoms with Crippen LogP contribution in [0.1, 0.15) is 50.5 Å². The maximum absolute atomic E-state index is 6.58. The van der Waals surface area contributed by atoms with Crippen molar-refractivity contribution in [2.45, 2.75) is 44.9 Å². The summed E-state index contributed by atoms with van der Waals surface area (Å²) in [5, 5.41) is 0.684. The second kappa shape index (κ2) is 7.91. The highest BCUT2D eigenvalue weighted by atomic mass is 35.5. The van der Waals surface area contributed by atoms with Crippen molar-refractivity contribution >= 4 is 23.2 Å². The van der Waals surface area contributed by atoms with Gasteiger partial charge in [-0.1, -0.05) is 50.8 Å². The molecule has 0 saturated carbocycles. The standard InChI is InChI=1S/C15H22Cl2O/c1-4-6-7-11(5-2)15(17)13-9-8-12(18-3)10-14(13)16/h8-11,15H,4-7H2,1-3H3. The summed E-state index contributed by atoms with van der Waals surface area (Å²) in [5.41, 5.74) is 1.02. The van der Waals surface area contributed by atoms with Crippen molar-refractivity contribution in [3.8, 4) is 5.75 Å². The normalized spacial score (nSPS) is 14.3. The van der Waals surface area contributed by atoms with Crippen molar-refractivity contribution in [3.63, 3.8) is 0 Å². The molecule has 0 bridgehead atoms. The zero-order valence-electron chi connectivity index (χ0n) is 11.4. The highest BCUT2D eigenvalue weighted by Crippen LogP contribution is 2.39. The molecule has 0 fully saturated rings. The molecule has 2 atom stereocenters. The Kier molecular flexibility index (Phi) is 6.88. The quantitative estimate of drug-likeness (QED) is 0.572. The summed E-state index contributed by atoms with van der Waals surface area (Å²) in [6.45, 7) is 4.39. The fourth-order valence-corrected chi connectivity index (χ4v) is 2.97. The first-order chi connectivity index (χ1) is 8.63. The van der Waals surface area contributed by atoms with Gasteiger partial charge in [-0.05, 0) is 30.0 Å². The van der Waals surface area contributed by atoms with E-state index in [9.17, 15) is 0 Å². The van der Waals surface area contributed by atoms with Gasteiger partial charge in [0.05, 0.1) is 12.5 Å². The molecule has 102 valence electrons. The van der Waals surface area contributed by atoms with Crippen LogP contribution in [0.3, 0.4) is 0 Å². The second-order valence-corrected chi connectivity index (χ2v) is 5.48. The summed E-state index contributed by atoms with van der Waals surface area (Å²) < 4.78 is 5.15. The lowest BCUT2D eigenvalue weighted by Crippen LogP contribution is -2.08. The minimum absolute atomic E-state index is 0.0139. The van der Waals surface area contributed by atoms with E-state index in [1.54, 1.807) is 7.11 Å². The zero-order chi connectivity index (χ0) is 13.5. The van der Waals surface area contributed by atoms with E-state index >= 15 is 0 Å². The molecule has 0 aliphatic heterocycles. The Labute approximate surface area is 120 Å². The van der Waals surface area contributed by atoms with Gasteiger partial charge in [-0.3, -0.25) is 0 Å². The molecule has 1 rings (SSSR count). The Morgan fingerprint density at radius 1 is 1.28 bits per heavy atom. The Balaban J connectivity index is 2.83. The Bertz CT molecular complexity index is 366. The molecule has 0 aliphatic carbocycles. The van der Waals surface area contributed by atoms with Crippen LogP contribution in [0.2, 0.25) is 5.02 Å². The van der Waals surface area contributed by atoms with Gasteiger partial charge in [0.1, 0.15) is 5.75 Å². The smallest absolute Gasteiger partial charge is 0.120 e. The molecule has 18 heavy (non-hydrogen) atoms. The number of ether oxygens (including phenoxy) is 1. The first-order valence-corrected chi connectivity index (χ1v) is 7.42. The zero-order valence-corrected chi connectivity index (χ0v) is 12.9. The molecule has 0 radical (unpaired) electrons. The highest BCUT2D eigenvalue weighted by molar-refractivity contribution is 6.33. The third-order valence-electron chi connectivity index (χ3n) is 3.37. The molecule has 1 aromatic rings. The molecule has 0 N–H and O–H groups in total. The van der Waals surface area contributed by atoms with Crippen LogP contribution in [0.25, 0.3) is 0 Å². The van der Waals surface area contributed by atoms with Crippen LogP contribution < -0.4 is 4.74 Å². The summed E-state index contributed by atoms with van der Waals surface area (Å²) in [6.07, 6.45) is 4.66. The Morgan fingerprint density at radius 3 is 2.50 bits per heavy atom. The highest BCUT2D eigenvalue weighted by Gasteiger charge is 2.21. The molecule has 0 heterocycles. The van der Waals surface area contributed by atoms with E-state index in [1.807, 2.05) is 18.2 Å². The van der Waals surface area contributed by atoms with E-state index in [-0.39, 0.29) is 5.38 Å². The third kappa shape index (κ3) is 4.07. The van der Waals surface area contributed by atoms with Gasteiger partial charge < -0.3 is 4.74 Å². The van der Waals surface area contributed by atoms with E-state index < -0.39 is 0 Å². The summed E-state index contributed by atoms with van der Waals surface area (Å²) >= 11 is 12.9. The fourth-order valence-electron chi connectivity index (χ4n) is 2.14. The minimum atomic E-state index is -0.0139. The van der Waals surface area contributed by atoms with Crippen LogP contribution in [0.5, 0.6) is 5.75 Å². The van der Waals surface area contributed by atoms with Crippen molar-refractivity contribution in [2.75, 3.05) is 7.11 Å². The van der Waals surface area contributed by atoms with Crippen LogP contribution >= 0.6 is 23.2 Å². The molecule has 1 aromatic carbocycles. The monoisotopic (exact) mass is 288 g/mol. The summed E-state index contributed by atoms with van der Waals surface area (Å²) in [7, 11) is 1.64. The van der Waals surface area contributed by atoms with Crippen molar-refractivity contribution in [3.05, 3.63) is 28.8 Å². The van der Waals surface area contributed by atoms with Gasteiger partial charge in [-0.15, -0.1) is 11.6 Å². The molecule has 0 spiro atoms. The number of alkyl halides is 1. The lowest BCUT2D eigenvalue weighted by Gasteiger charge is -2.22. The van der Waals surface area contributed by atoms with E-state index in [4.69, 9.17) is 27.9 Å². The first-order valence-electron chi connectivity index (χ1n) is 6.61. The molecule has 3 heteroatoms. The number of methoxy groups -OCH3 is 1. The van der Waals surface area contributed by atoms with Crippen LogP contribution in [0, 0.1) is 5.92 Å². The number of rotatable bonds is 7. The first kappa shape index (κ1) is 15.7. The predicted molar refractivity (Wildman–Crippen MR) is 79.9 cm³/mol. The van der Waals surface area contributed by atoms with Crippen molar-refractivity contribution in [2.24, 2.45) is 5.92 Å². The second-order valence-electron chi connectivity index (χ2n) is 4.60. The Hall–Kier alpha value is -0.400. The van der Waals surface area contributed by atoms with Gasteiger partial charge in [-0.2, -0.15) is 0 Å². The van der Waals surface area contributed by atoms with Crippen LogP contribution in [-0.2, 0) is 0 Å². The SMILES string of the molecule is CCCCC(CC)C(Cl)c1ccc(OC)cc1Cl. The van der Waals surface area contributed by atoms with Crippen LogP contribution in [0.4, 0.5) is 0 Å². The average molecular weight is 289 g/mol. The van der Waals surface area contributed by atoms with Crippen molar-refractivity contribution in [1.29, 1.82) is 0 Å². The molecular formula is C15H22Cl2O. The largest absolute Gasteiger partial charge is 0.497 e. The fraction of sp³-hybridized carbons (Fsp3) is 0.600. The number of hydrogen-bond donors (Lipinski definition) is 0. The van der Waals surface area contributed by atoms with Crippen LogP contribution in [-0.4, -0.2) is 7.11 Å². The van der Waals surface area contributed by atoms with Crippen LogP contribution in [0.15, 0.2) is 18.2 Å². The molecule has 0 amide bonds. The van der Waals surface area contributed by atoms with E-state index in [2.05, 4.69) is 13.8 Å². The average Bonchev–Trinajstić information content (AvgIpc) is 2.39. The van der Waals surface area contributed by atoms with Gasteiger partial charge >= 0.3 is 0 Å². The van der Waals surface area contributed by atoms with Crippen molar-refractivity contribution < 1.29 is 4.74 Å². The van der Waals surface area contributed by atoms with E-state index in [0.29, 0.717) is 10.9 Å². The molecule has 0 aromatic heterocycles. The predicted octanol–water partition coefficient (Wildman–Crippen LogP) is 5.84. The molecular weight excluding hydrogens is 267 g/mol. The van der Waals surface area contributed by atoms with E-state index in [0.717, 1.165) is 24.2 Å². The molecule has 0 aliphatic rings. The lowest BCUT2D eigenvalue weighted by molar-refractivity contribution is 0.413. The third-order valence-corrected chi connectivity index (χ3v) is 4.29. The number of benzene rings is 1. The maximum atomic E-state index is 6.58. The van der Waals surface area contributed by atoms with Crippen molar-refractivity contribution in [1.82, 2.24) is 0 Å². The topological polar surface area (TPSA) is 9.23 Å². The maximum Gasteiger partial charge on any atom is 0.120 e. The van der Waals surface area contributed by atoms with Gasteiger partial charge in [-0.25, -0.2) is 0 Å². The minimum Gasteiger partial charge on any atom is -0.497 e.